The molecule has 0 aliphatic carbocycles. The molecule has 1 N–H and O–H groups in total. The van der Waals surface area contributed by atoms with Crippen LogP contribution in [0.5, 0.6) is 0 Å². The third-order valence-corrected chi connectivity index (χ3v) is 4.31. The van der Waals surface area contributed by atoms with Gasteiger partial charge in [0.15, 0.2) is 0 Å². The number of halogens is 3. The highest BCUT2D eigenvalue weighted by atomic mass is 35.5. The molecule has 0 radical (unpaired) electrons. The van der Waals surface area contributed by atoms with Gasteiger partial charge < -0.3 is 9.88 Å². The molecular formula is C18H14Cl2FN3O. The Morgan fingerprint density at radius 3 is 2.72 bits per heavy atom. The summed E-state index contributed by atoms with van der Waals surface area (Å²) in [6.45, 7) is 0. The molecule has 0 saturated heterocycles. The molecule has 0 aliphatic heterocycles. The quantitative estimate of drug-likeness (QED) is 0.732. The molecule has 3 rings (SSSR count). The topological polar surface area (TPSA) is 46.9 Å². The average molecular weight is 378 g/mol. The summed E-state index contributed by atoms with van der Waals surface area (Å²) in [4.78, 5) is 17.0. The van der Waals surface area contributed by atoms with Crippen molar-refractivity contribution in [3.8, 4) is 0 Å². The van der Waals surface area contributed by atoms with Gasteiger partial charge in [-0.3, -0.25) is 4.79 Å². The normalized spacial score (nSPS) is 12.0. The molecular weight excluding hydrogens is 364 g/mol. The van der Waals surface area contributed by atoms with Crippen molar-refractivity contribution in [2.75, 3.05) is 0 Å². The molecule has 0 unspecified atom stereocenters. The number of nitrogens with one attached hydrogen (secondary N) is 1. The van der Waals surface area contributed by atoms with Crippen molar-refractivity contribution in [3.05, 3.63) is 87.7 Å². The van der Waals surface area contributed by atoms with Crippen LogP contribution in [0.4, 0.5) is 4.39 Å². The van der Waals surface area contributed by atoms with E-state index in [0.717, 1.165) is 0 Å². The van der Waals surface area contributed by atoms with Gasteiger partial charge in [-0.2, -0.15) is 0 Å². The number of rotatable bonds is 4. The summed E-state index contributed by atoms with van der Waals surface area (Å²) in [6, 6.07) is 10.0. The Labute approximate surface area is 154 Å². The number of amides is 1. The number of aryl methyl sites for hydroxylation is 1. The highest BCUT2D eigenvalue weighted by Crippen LogP contribution is 2.25. The van der Waals surface area contributed by atoms with Gasteiger partial charge in [-0.15, -0.1) is 0 Å². The van der Waals surface area contributed by atoms with Crippen LogP contribution in [0.15, 0.2) is 54.9 Å². The lowest BCUT2D eigenvalue weighted by atomic mass is 10.0. The number of nitrogens with zero attached hydrogens (tertiary/aromatic N) is 2. The minimum absolute atomic E-state index is 0.241. The highest BCUT2D eigenvalue weighted by molar-refractivity contribution is 6.35. The molecule has 1 aromatic heterocycles. The van der Waals surface area contributed by atoms with E-state index >= 15 is 0 Å². The van der Waals surface area contributed by atoms with Crippen molar-refractivity contribution in [1.82, 2.24) is 14.9 Å². The number of hydrogen-bond donors (Lipinski definition) is 1. The third-order valence-electron chi connectivity index (χ3n) is 3.75. The van der Waals surface area contributed by atoms with E-state index in [1.54, 1.807) is 48.3 Å². The molecule has 1 heterocycles. The van der Waals surface area contributed by atoms with Gasteiger partial charge >= 0.3 is 0 Å². The predicted molar refractivity (Wildman–Crippen MR) is 95.4 cm³/mol. The maximum absolute atomic E-state index is 13.7. The van der Waals surface area contributed by atoms with Gasteiger partial charge in [0, 0.05) is 24.5 Å². The van der Waals surface area contributed by atoms with Gasteiger partial charge in [0.2, 0.25) is 0 Å². The molecule has 3 aromatic rings. The van der Waals surface area contributed by atoms with Crippen LogP contribution in [0.3, 0.4) is 0 Å². The molecule has 7 heteroatoms. The number of imidazole rings is 1. The Morgan fingerprint density at radius 1 is 1.24 bits per heavy atom. The van der Waals surface area contributed by atoms with E-state index in [4.69, 9.17) is 23.2 Å². The standard InChI is InChI=1S/C18H14Cl2FN3O/c1-24-8-7-22-17(24)16(11-3-2-4-13(21)9-11)23-18(25)14-10-12(19)5-6-15(14)20/h2-10,16H,1H3,(H,23,25)/t16-/m1/s1. The Balaban J connectivity index is 2.00. The molecule has 1 amide bonds. The maximum Gasteiger partial charge on any atom is 0.253 e. The average Bonchev–Trinajstić information content (AvgIpc) is 3.00. The van der Waals surface area contributed by atoms with Gasteiger partial charge in [-0.1, -0.05) is 35.3 Å². The van der Waals surface area contributed by atoms with Gasteiger partial charge in [0.05, 0.1) is 10.6 Å². The first-order valence-electron chi connectivity index (χ1n) is 7.44. The van der Waals surface area contributed by atoms with E-state index < -0.39 is 17.8 Å². The lowest BCUT2D eigenvalue weighted by Gasteiger charge is -2.19. The molecule has 25 heavy (non-hydrogen) atoms. The molecule has 0 fully saturated rings. The smallest absolute Gasteiger partial charge is 0.253 e. The summed E-state index contributed by atoms with van der Waals surface area (Å²) in [5.74, 6) is -0.256. The SMILES string of the molecule is Cn1ccnc1[C@H](NC(=O)c1cc(Cl)ccc1Cl)c1cccc(F)c1. The van der Waals surface area contributed by atoms with E-state index in [-0.39, 0.29) is 10.6 Å². The van der Waals surface area contributed by atoms with Crippen LogP contribution in [-0.2, 0) is 7.05 Å². The summed E-state index contributed by atoms with van der Waals surface area (Å²) in [5, 5.41) is 3.53. The van der Waals surface area contributed by atoms with E-state index in [0.29, 0.717) is 16.4 Å². The first-order chi connectivity index (χ1) is 12.0. The minimum Gasteiger partial charge on any atom is -0.338 e. The van der Waals surface area contributed by atoms with E-state index in [9.17, 15) is 9.18 Å². The maximum atomic E-state index is 13.7. The third kappa shape index (κ3) is 3.83. The first kappa shape index (κ1) is 17.5. The number of carbonyl (C=O) groups excluding carboxylic acids is 1. The van der Waals surface area contributed by atoms with Crippen molar-refractivity contribution >= 4 is 29.1 Å². The van der Waals surface area contributed by atoms with Gasteiger partial charge in [0.25, 0.3) is 5.91 Å². The second-order valence-electron chi connectivity index (χ2n) is 5.48. The Bertz CT molecular complexity index is 926. The van der Waals surface area contributed by atoms with Crippen LogP contribution >= 0.6 is 23.2 Å². The van der Waals surface area contributed by atoms with E-state index in [2.05, 4.69) is 10.3 Å². The summed E-state index contributed by atoms with van der Waals surface area (Å²) in [5.41, 5.74) is 0.811. The fourth-order valence-electron chi connectivity index (χ4n) is 2.52. The van der Waals surface area contributed by atoms with Crippen LogP contribution in [0.2, 0.25) is 10.0 Å². The molecule has 0 aliphatic rings. The number of benzene rings is 2. The Morgan fingerprint density at radius 2 is 2.04 bits per heavy atom. The van der Waals surface area contributed by atoms with Crippen LogP contribution in [0.1, 0.15) is 27.8 Å². The molecule has 4 nitrogen and oxygen atoms in total. The summed E-state index contributed by atoms with van der Waals surface area (Å²) in [7, 11) is 1.80. The monoisotopic (exact) mass is 377 g/mol. The number of aromatic nitrogens is 2. The fraction of sp³-hybridized carbons (Fsp3) is 0.111. The van der Waals surface area contributed by atoms with Gasteiger partial charge in [0.1, 0.15) is 17.7 Å². The van der Waals surface area contributed by atoms with Crippen molar-refractivity contribution in [1.29, 1.82) is 0 Å². The van der Waals surface area contributed by atoms with E-state index in [1.165, 1.54) is 18.2 Å². The van der Waals surface area contributed by atoms with Crippen LogP contribution in [0.25, 0.3) is 0 Å². The Hall–Kier alpha value is -2.37. The zero-order chi connectivity index (χ0) is 18.0. The predicted octanol–water partition coefficient (Wildman–Crippen LogP) is 4.39. The zero-order valence-electron chi connectivity index (χ0n) is 13.2. The molecule has 128 valence electrons. The lowest BCUT2D eigenvalue weighted by molar-refractivity contribution is 0.0941. The number of hydrogen-bond acceptors (Lipinski definition) is 2. The van der Waals surface area contributed by atoms with E-state index in [1.807, 2.05) is 0 Å². The number of carbonyl (C=O) groups is 1. The van der Waals surface area contributed by atoms with Crippen molar-refractivity contribution in [2.45, 2.75) is 6.04 Å². The summed E-state index contributed by atoms with van der Waals surface area (Å²) >= 11 is 12.1. The molecule has 0 saturated carbocycles. The minimum atomic E-state index is -0.641. The second kappa shape index (κ2) is 7.25. The highest BCUT2D eigenvalue weighted by Gasteiger charge is 2.23. The van der Waals surface area contributed by atoms with Gasteiger partial charge in [-0.25, -0.2) is 9.37 Å². The molecule has 1 atom stereocenters. The van der Waals surface area contributed by atoms with Crippen molar-refractivity contribution in [3.63, 3.8) is 0 Å². The van der Waals surface area contributed by atoms with Crippen molar-refractivity contribution < 1.29 is 9.18 Å². The van der Waals surface area contributed by atoms with Crippen molar-refractivity contribution in [2.24, 2.45) is 7.05 Å². The largest absolute Gasteiger partial charge is 0.338 e. The summed E-state index contributed by atoms with van der Waals surface area (Å²) < 4.78 is 15.4. The Kier molecular flexibility index (Phi) is 5.06. The van der Waals surface area contributed by atoms with Crippen LogP contribution < -0.4 is 5.32 Å². The fourth-order valence-corrected chi connectivity index (χ4v) is 2.89. The zero-order valence-corrected chi connectivity index (χ0v) is 14.7. The van der Waals surface area contributed by atoms with Crippen LogP contribution in [-0.4, -0.2) is 15.5 Å². The lowest BCUT2D eigenvalue weighted by Crippen LogP contribution is -2.31. The second-order valence-corrected chi connectivity index (χ2v) is 6.33. The van der Waals surface area contributed by atoms with Gasteiger partial charge in [-0.05, 0) is 35.9 Å². The molecule has 0 spiro atoms. The van der Waals surface area contributed by atoms with Crippen LogP contribution in [0, 0.1) is 5.82 Å². The molecule has 2 aromatic carbocycles. The first-order valence-corrected chi connectivity index (χ1v) is 8.20. The molecule has 0 bridgehead atoms. The summed E-state index contributed by atoms with van der Waals surface area (Å²) in [6.07, 6.45) is 3.36.